The van der Waals surface area contributed by atoms with Crippen LogP contribution in [0.15, 0.2) is 29.3 Å². The van der Waals surface area contributed by atoms with E-state index in [-0.39, 0.29) is 5.54 Å². The molecule has 1 atom stereocenters. The Morgan fingerprint density at radius 3 is 2.50 bits per heavy atom. The highest BCUT2D eigenvalue weighted by Gasteiger charge is 2.39. The molecule has 5 heteroatoms. The summed E-state index contributed by atoms with van der Waals surface area (Å²) in [5, 5.41) is 7.00. The number of nitrogens with one attached hydrogen (secondary N) is 2. The van der Waals surface area contributed by atoms with Crippen LogP contribution in [-0.4, -0.2) is 63.8 Å². The van der Waals surface area contributed by atoms with Gasteiger partial charge >= 0.3 is 0 Å². The van der Waals surface area contributed by atoms with Crippen molar-refractivity contribution in [3.63, 3.8) is 0 Å². The first-order chi connectivity index (χ1) is 11.6. The molecular formula is C19H30N4O. The van der Waals surface area contributed by atoms with Crippen LogP contribution < -0.4 is 10.6 Å². The Morgan fingerprint density at radius 2 is 1.96 bits per heavy atom. The predicted octanol–water partition coefficient (Wildman–Crippen LogP) is 1.29. The van der Waals surface area contributed by atoms with Gasteiger partial charge in [-0.25, -0.2) is 0 Å². The molecule has 1 fully saturated rings. The second-order valence-electron chi connectivity index (χ2n) is 7.28. The molecule has 0 bridgehead atoms. The summed E-state index contributed by atoms with van der Waals surface area (Å²) in [4.78, 5) is 6.74. The molecule has 24 heavy (non-hydrogen) atoms. The van der Waals surface area contributed by atoms with E-state index in [2.05, 4.69) is 58.9 Å². The van der Waals surface area contributed by atoms with Crippen molar-refractivity contribution in [2.24, 2.45) is 10.9 Å². The molecule has 2 aliphatic rings. The zero-order chi connectivity index (χ0) is 17.0. The van der Waals surface area contributed by atoms with Gasteiger partial charge in [-0.05, 0) is 44.5 Å². The van der Waals surface area contributed by atoms with Gasteiger partial charge in [0.25, 0.3) is 0 Å². The maximum absolute atomic E-state index is 5.44. The number of fused-ring (bicyclic) bond motifs is 1. The van der Waals surface area contributed by atoms with Crippen LogP contribution in [-0.2, 0) is 17.6 Å². The number of aliphatic imine (C=N–C) groups is 1. The van der Waals surface area contributed by atoms with Crippen LogP contribution in [0.25, 0.3) is 0 Å². The van der Waals surface area contributed by atoms with Crippen molar-refractivity contribution in [1.82, 2.24) is 15.5 Å². The maximum atomic E-state index is 5.44. The van der Waals surface area contributed by atoms with Crippen LogP contribution in [0, 0.1) is 5.92 Å². The molecule has 0 radical (unpaired) electrons. The van der Waals surface area contributed by atoms with E-state index in [4.69, 9.17) is 4.74 Å². The van der Waals surface area contributed by atoms with E-state index >= 15 is 0 Å². The van der Waals surface area contributed by atoms with E-state index in [9.17, 15) is 0 Å². The second-order valence-corrected chi connectivity index (χ2v) is 7.28. The smallest absolute Gasteiger partial charge is 0.191 e. The van der Waals surface area contributed by atoms with Gasteiger partial charge in [-0.15, -0.1) is 0 Å². The van der Waals surface area contributed by atoms with Crippen LogP contribution in [0.4, 0.5) is 0 Å². The molecule has 1 unspecified atom stereocenters. The Hall–Kier alpha value is -1.59. The van der Waals surface area contributed by atoms with Gasteiger partial charge in [-0.1, -0.05) is 24.3 Å². The SMILES string of the molecule is CN=C(NCC1CCOC1)NCC1(N(C)C)Cc2ccccc2C1. The van der Waals surface area contributed by atoms with Crippen molar-refractivity contribution in [2.75, 3.05) is 47.4 Å². The Morgan fingerprint density at radius 1 is 1.25 bits per heavy atom. The molecular weight excluding hydrogens is 300 g/mol. The molecule has 1 aliphatic heterocycles. The number of nitrogens with zero attached hydrogens (tertiary/aromatic N) is 2. The summed E-state index contributed by atoms with van der Waals surface area (Å²) < 4.78 is 5.44. The van der Waals surface area contributed by atoms with Crippen molar-refractivity contribution in [3.8, 4) is 0 Å². The molecule has 0 saturated carbocycles. The normalized spacial score (nSPS) is 22.7. The van der Waals surface area contributed by atoms with Gasteiger partial charge in [0, 0.05) is 38.2 Å². The average Bonchev–Trinajstić information content (AvgIpc) is 3.22. The van der Waals surface area contributed by atoms with E-state index in [1.807, 2.05) is 7.05 Å². The lowest BCUT2D eigenvalue weighted by Crippen LogP contribution is -2.55. The molecule has 1 heterocycles. The second kappa shape index (κ2) is 7.53. The lowest BCUT2D eigenvalue weighted by atomic mass is 9.94. The monoisotopic (exact) mass is 330 g/mol. The Bertz CT molecular complexity index is 553. The van der Waals surface area contributed by atoms with Crippen LogP contribution >= 0.6 is 0 Å². The average molecular weight is 330 g/mol. The summed E-state index contributed by atoms with van der Waals surface area (Å²) in [5.41, 5.74) is 3.05. The first kappa shape index (κ1) is 17.2. The summed E-state index contributed by atoms with van der Waals surface area (Å²) in [7, 11) is 6.20. The van der Waals surface area contributed by atoms with Crippen LogP contribution in [0.3, 0.4) is 0 Å². The molecule has 2 N–H and O–H groups in total. The lowest BCUT2D eigenvalue weighted by Gasteiger charge is -2.37. The fraction of sp³-hybridized carbons (Fsp3) is 0.632. The van der Waals surface area contributed by atoms with E-state index in [0.717, 1.165) is 51.5 Å². The predicted molar refractivity (Wildman–Crippen MR) is 98.6 cm³/mol. The van der Waals surface area contributed by atoms with Gasteiger partial charge in [-0.2, -0.15) is 0 Å². The maximum Gasteiger partial charge on any atom is 0.191 e. The highest BCUT2D eigenvalue weighted by atomic mass is 16.5. The number of benzene rings is 1. The molecule has 0 spiro atoms. The van der Waals surface area contributed by atoms with Gasteiger partial charge in [0.15, 0.2) is 5.96 Å². The Balaban J connectivity index is 1.58. The molecule has 1 aliphatic carbocycles. The van der Waals surface area contributed by atoms with Crippen LogP contribution in [0.2, 0.25) is 0 Å². The zero-order valence-corrected chi connectivity index (χ0v) is 15.1. The number of hydrogen-bond acceptors (Lipinski definition) is 3. The summed E-state index contributed by atoms with van der Waals surface area (Å²) in [6, 6.07) is 8.80. The molecule has 3 rings (SSSR count). The topological polar surface area (TPSA) is 48.9 Å². The van der Waals surface area contributed by atoms with E-state index in [1.165, 1.54) is 11.1 Å². The van der Waals surface area contributed by atoms with Crippen LogP contribution in [0.5, 0.6) is 0 Å². The van der Waals surface area contributed by atoms with Crippen molar-refractivity contribution >= 4 is 5.96 Å². The van der Waals surface area contributed by atoms with Gasteiger partial charge in [0.05, 0.1) is 6.61 Å². The molecule has 132 valence electrons. The quantitative estimate of drug-likeness (QED) is 0.631. The van der Waals surface area contributed by atoms with Crippen molar-refractivity contribution < 1.29 is 4.74 Å². The molecule has 1 saturated heterocycles. The largest absolute Gasteiger partial charge is 0.381 e. The van der Waals surface area contributed by atoms with E-state index in [0.29, 0.717) is 5.92 Å². The summed E-state index contributed by atoms with van der Waals surface area (Å²) in [6.07, 6.45) is 3.30. The Kier molecular flexibility index (Phi) is 5.41. The minimum absolute atomic E-state index is 0.109. The third kappa shape index (κ3) is 3.73. The fourth-order valence-electron chi connectivity index (χ4n) is 3.73. The molecule has 5 nitrogen and oxygen atoms in total. The van der Waals surface area contributed by atoms with Gasteiger partial charge in [0.2, 0.25) is 0 Å². The third-order valence-electron chi connectivity index (χ3n) is 5.50. The summed E-state index contributed by atoms with van der Waals surface area (Å²) in [5.74, 6) is 1.49. The standard InChI is InChI=1S/C19H30N4O/c1-20-18(21-12-15-8-9-24-13-15)22-14-19(23(2)3)10-16-6-4-5-7-17(16)11-19/h4-7,15H,8-14H2,1-3H3,(H2,20,21,22). The number of hydrogen-bond donors (Lipinski definition) is 2. The molecule has 0 amide bonds. The number of guanidine groups is 1. The fourth-order valence-corrected chi connectivity index (χ4v) is 3.73. The Labute approximate surface area is 145 Å². The van der Waals surface area contributed by atoms with Gasteiger partial charge in [0.1, 0.15) is 0 Å². The molecule has 1 aromatic rings. The number of ether oxygens (including phenoxy) is 1. The van der Waals surface area contributed by atoms with Crippen molar-refractivity contribution in [3.05, 3.63) is 35.4 Å². The first-order valence-electron chi connectivity index (χ1n) is 8.89. The highest BCUT2D eigenvalue weighted by Crippen LogP contribution is 2.32. The third-order valence-corrected chi connectivity index (χ3v) is 5.50. The minimum Gasteiger partial charge on any atom is -0.381 e. The minimum atomic E-state index is 0.109. The number of likely N-dealkylation sites (N-methyl/N-ethyl adjacent to an activating group) is 1. The number of rotatable bonds is 5. The lowest BCUT2D eigenvalue weighted by molar-refractivity contribution is 0.164. The summed E-state index contributed by atoms with van der Waals surface area (Å²) >= 11 is 0. The molecule has 1 aromatic carbocycles. The molecule has 0 aromatic heterocycles. The van der Waals surface area contributed by atoms with Crippen molar-refractivity contribution in [1.29, 1.82) is 0 Å². The van der Waals surface area contributed by atoms with Crippen LogP contribution in [0.1, 0.15) is 17.5 Å². The van der Waals surface area contributed by atoms with E-state index in [1.54, 1.807) is 0 Å². The van der Waals surface area contributed by atoms with Crippen molar-refractivity contribution in [2.45, 2.75) is 24.8 Å². The first-order valence-corrected chi connectivity index (χ1v) is 8.89. The van der Waals surface area contributed by atoms with E-state index < -0.39 is 0 Å². The highest BCUT2D eigenvalue weighted by molar-refractivity contribution is 5.79. The van der Waals surface area contributed by atoms with Gasteiger partial charge < -0.3 is 20.3 Å². The van der Waals surface area contributed by atoms with Gasteiger partial charge in [-0.3, -0.25) is 4.99 Å². The summed E-state index contributed by atoms with van der Waals surface area (Å²) in [6.45, 7) is 3.56. The zero-order valence-electron chi connectivity index (χ0n) is 15.1.